The minimum absolute atomic E-state index is 0.312. The Bertz CT molecular complexity index is 701. The normalized spacial score (nSPS) is 34.8. The van der Waals surface area contributed by atoms with E-state index >= 15 is 0 Å². The van der Waals surface area contributed by atoms with E-state index in [0.717, 1.165) is 32.7 Å². The molecule has 1 spiro atoms. The van der Waals surface area contributed by atoms with Crippen molar-refractivity contribution < 1.29 is 9.32 Å². The largest absolute Gasteiger partial charge is 0.346 e. The minimum Gasteiger partial charge on any atom is -0.346 e. The Labute approximate surface area is 154 Å². The summed E-state index contributed by atoms with van der Waals surface area (Å²) in [5, 5.41) is 3.90. The van der Waals surface area contributed by atoms with Crippen molar-refractivity contribution in [2.75, 3.05) is 44.7 Å². The van der Waals surface area contributed by atoms with Crippen LogP contribution in [0.3, 0.4) is 0 Å². The predicted octanol–water partition coefficient (Wildman–Crippen LogP) is 1.39. The second kappa shape index (κ2) is 5.68. The Hall–Kier alpha value is -1.63. The summed E-state index contributed by atoms with van der Waals surface area (Å²) in [5.74, 6) is 2.63. The lowest BCUT2D eigenvalue weighted by atomic mass is 9.78. The number of nitrogens with zero attached hydrogens (tertiary/aromatic N) is 5. The smallest absolute Gasteiger partial charge is 0.324 e. The van der Waals surface area contributed by atoms with Gasteiger partial charge < -0.3 is 14.3 Å². The van der Waals surface area contributed by atoms with Gasteiger partial charge in [-0.1, -0.05) is 5.16 Å². The third kappa shape index (κ3) is 2.47. The van der Waals surface area contributed by atoms with E-state index in [1.807, 2.05) is 18.9 Å². The summed E-state index contributed by atoms with van der Waals surface area (Å²) in [4.78, 5) is 23.5. The molecule has 4 fully saturated rings. The van der Waals surface area contributed by atoms with E-state index in [1.165, 1.54) is 19.3 Å². The molecule has 7 heteroatoms. The quantitative estimate of drug-likeness (QED) is 0.809. The summed E-state index contributed by atoms with van der Waals surface area (Å²) >= 11 is 0. The Kier molecular flexibility index (Phi) is 3.61. The van der Waals surface area contributed by atoms with Crippen LogP contribution in [0.2, 0.25) is 0 Å². The monoisotopic (exact) mass is 359 g/mol. The summed E-state index contributed by atoms with van der Waals surface area (Å²) in [5.41, 5.74) is 0.442. The van der Waals surface area contributed by atoms with Gasteiger partial charge in [-0.15, -0.1) is 0 Å². The molecule has 0 N–H and O–H groups in total. The second-order valence-corrected chi connectivity index (χ2v) is 9.04. The molecule has 0 aromatic carbocycles. The average molecular weight is 359 g/mol. The van der Waals surface area contributed by atoms with Crippen molar-refractivity contribution in [1.82, 2.24) is 19.9 Å². The highest BCUT2D eigenvalue weighted by Crippen LogP contribution is 2.55. The maximum atomic E-state index is 12.4. The van der Waals surface area contributed by atoms with Crippen molar-refractivity contribution in [2.45, 2.75) is 39.2 Å². The van der Waals surface area contributed by atoms with Gasteiger partial charge in [0.1, 0.15) is 0 Å². The van der Waals surface area contributed by atoms with Crippen LogP contribution in [-0.4, -0.2) is 71.7 Å². The van der Waals surface area contributed by atoms with Crippen LogP contribution in [-0.2, 0) is 4.79 Å². The number of aromatic nitrogens is 2. The SMILES string of the molecule is CCN(C)C(=O)[C@H]1[C@@H]2CN(C3CCC4(C3)CN(c3nc(C)no3)C4)C[C@@H]21. The number of piperidine rings is 1. The highest BCUT2D eigenvalue weighted by molar-refractivity contribution is 5.82. The first-order valence-corrected chi connectivity index (χ1v) is 10.0. The summed E-state index contributed by atoms with van der Waals surface area (Å²) in [6, 6.07) is 1.38. The molecule has 0 radical (unpaired) electrons. The zero-order chi connectivity index (χ0) is 18.1. The number of carbonyl (C=O) groups is 1. The molecule has 7 nitrogen and oxygen atoms in total. The highest BCUT2D eigenvalue weighted by Gasteiger charge is 2.61. The molecule has 4 atom stereocenters. The van der Waals surface area contributed by atoms with Crippen molar-refractivity contribution in [3.63, 3.8) is 0 Å². The van der Waals surface area contributed by atoms with E-state index in [4.69, 9.17) is 4.52 Å². The van der Waals surface area contributed by atoms with E-state index in [-0.39, 0.29) is 0 Å². The van der Waals surface area contributed by atoms with Gasteiger partial charge in [0.25, 0.3) is 0 Å². The number of anilines is 1. The van der Waals surface area contributed by atoms with Crippen molar-refractivity contribution >= 4 is 11.9 Å². The molecule has 142 valence electrons. The summed E-state index contributed by atoms with van der Waals surface area (Å²) in [7, 11) is 1.93. The topological polar surface area (TPSA) is 65.7 Å². The van der Waals surface area contributed by atoms with Gasteiger partial charge in [-0.25, -0.2) is 0 Å². The second-order valence-electron chi connectivity index (χ2n) is 9.04. The Balaban J connectivity index is 1.13. The molecule has 2 aliphatic carbocycles. The van der Waals surface area contributed by atoms with Crippen molar-refractivity contribution in [3.8, 4) is 0 Å². The number of hydrogen-bond donors (Lipinski definition) is 0. The van der Waals surface area contributed by atoms with Gasteiger partial charge in [0, 0.05) is 57.1 Å². The van der Waals surface area contributed by atoms with Crippen LogP contribution in [0.5, 0.6) is 0 Å². The van der Waals surface area contributed by atoms with Gasteiger partial charge in [-0.05, 0) is 44.9 Å². The molecule has 26 heavy (non-hydrogen) atoms. The molecule has 1 aromatic heterocycles. The van der Waals surface area contributed by atoms with Gasteiger partial charge in [0.15, 0.2) is 5.82 Å². The van der Waals surface area contributed by atoms with Gasteiger partial charge in [-0.2, -0.15) is 4.98 Å². The van der Waals surface area contributed by atoms with Crippen molar-refractivity contribution in [3.05, 3.63) is 5.82 Å². The Morgan fingerprint density at radius 3 is 2.69 bits per heavy atom. The average Bonchev–Trinajstić information content (AvgIpc) is 3.05. The van der Waals surface area contributed by atoms with Gasteiger partial charge in [0.05, 0.1) is 0 Å². The number of carbonyl (C=O) groups excluding carboxylic acids is 1. The van der Waals surface area contributed by atoms with Gasteiger partial charge in [-0.3, -0.25) is 9.69 Å². The summed E-state index contributed by atoms with van der Waals surface area (Å²) in [6.45, 7) is 9.10. The standard InChI is InChI=1S/C19H29N5O2/c1-4-22(3)17(25)16-14-8-23(9-15(14)16)13-5-6-19(7-13)10-24(11-19)18-20-12(2)21-26-18/h13-16H,4-11H2,1-3H3/t13?,14-,15+,16+. The van der Waals surface area contributed by atoms with Crippen molar-refractivity contribution in [2.24, 2.45) is 23.2 Å². The number of likely N-dealkylation sites (tertiary alicyclic amines) is 1. The minimum atomic E-state index is 0.312. The zero-order valence-corrected chi connectivity index (χ0v) is 16.0. The third-order valence-corrected chi connectivity index (χ3v) is 7.39. The van der Waals surface area contributed by atoms with E-state index in [2.05, 4.69) is 26.9 Å². The highest BCUT2D eigenvalue weighted by atomic mass is 16.5. The Morgan fingerprint density at radius 2 is 2.08 bits per heavy atom. The lowest BCUT2D eigenvalue weighted by Gasteiger charge is -2.47. The van der Waals surface area contributed by atoms with Crippen LogP contribution < -0.4 is 4.90 Å². The molecule has 1 aromatic rings. The lowest BCUT2D eigenvalue weighted by Crippen LogP contribution is -2.56. The van der Waals surface area contributed by atoms with Gasteiger partial charge in [0.2, 0.25) is 5.91 Å². The predicted molar refractivity (Wildman–Crippen MR) is 96.7 cm³/mol. The van der Waals surface area contributed by atoms with E-state index < -0.39 is 0 Å². The molecule has 2 aliphatic heterocycles. The fourth-order valence-electron chi connectivity index (χ4n) is 5.72. The molecule has 2 saturated heterocycles. The van der Waals surface area contributed by atoms with Crippen LogP contribution in [0.15, 0.2) is 4.52 Å². The number of aryl methyl sites for hydroxylation is 1. The number of hydrogen-bond acceptors (Lipinski definition) is 6. The summed E-state index contributed by atoms with van der Waals surface area (Å²) < 4.78 is 5.30. The fourth-order valence-corrected chi connectivity index (χ4v) is 5.72. The van der Waals surface area contributed by atoms with Gasteiger partial charge >= 0.3 is 6.01 Å². The zero-order valence-electron chi connectivity index (χ0n) is 16.0. The first-order chi connectivity index (χ1) is 12.5. The van der Waals surface area contributed by atoms with E-state index in [9.17, 15) is 4.79 Å². The molecule has 2 saturated carbocycles. The van der Waals surface area contributed by atoms with Crippen LogP contribution in [0, 0.1) is 30.1 Å². The molecule has 5 rings (SSSR count). The molecule has 4 aliphatic rings. The number of amides is 1. The lowest BCUT2D eigenvalue weighted by molar-refractivity contribution is -0.132. The van der Waals surface area contributed by atoms with Crippen LogP contribution in [0.25, 0.3) is 0 Å². The Morgan fingerprint density at radius 1 is 1.35 bits per heavy atom. The number of fused-ring (bicyclic) bond motifs is 1. The molecule has 1 amide bonds. The van der Waals surface area contributed by atoms with Crippen LogP contribution in [0.1, 0.15) is 32.0 Å². The molecule has 1 unspecified atom stereocenters. The molecular weight excluding hydrogens is 330 g/mol. The molecule has 0 bridgehead atoms. The van der Waals surface area contributed by atoms with Crippen LogP contribution in [0.4, 0.5) is 6.01 Å². The maximum Gasteiger partial charge on any atom is 0.324 e. The molecule has 3 heterocycles. The van der Waals surface area contributed by atoms with Crippen LogP contribution >= 0.6 is 0 Å². The first kappa shape index (κ1) is 16.5. The molecular formula is C19H29N5O2. The van der Waals surface area contributed by atoms with Crippen molar-refractivity contribution in [1.29, 1.82) is 0 Å². The number of rotatable bonds is 4. The van der Waals surface area contributed by atoms with E-state index in [0.29, 0.717) is 47.0 Å². The fraction of sp³-hybridized carbons (Fsp3) is 0.842. The first-order valence-electron chi connectivity index (χ1n) is 10.0. The summed E-state index contributed by atoms with van der Waals surface area (Å²) in [6.07, 6.45) is 3.88. The van der Waals surface area contributed by atoms with E-state index in [1.54, 1.807) is 0 Å². The maximum absolute atomic E-state index is 12.4. The third-order valence-electron chi connectivity index (χ3n) is 7.39.